The molecule has 2 amide bonds. The average Bonchev–Trinajstić information content (AvgIpc) is 2.89. The van der Waals surface area contributed by atoms with Gasteiger partial charge in [-0.15, -0.1) is 0 Å². The molecule has 39 heavy (non-hydrogen) atoms. The van der Waals surface area contributed by atoms with Gasteiger partial charge in [0.2, 0.25) is 5.95 Å². The van der Waals surface area contributed by atoms with Crippen LogP contribution in [-0.4, -0.2) is 51.5 Å². The van der Waals surface area contributed by atoms with Crippen LogP contribution >= 0.6 is 15.9 Å². The lowest BCUT2D eigenvalue weighted by atomic mass is 9.98. The Bertz CT molecular complexity index is 1450. The first-order chi connectivity index (χ1) is 18.5. The first kappa shape index (κ1) is 28.4. The maximum Gasteiger partial charge on any atom is 0.263 e. The number of aromatic nitrogens is 2. The van der Waals surface area contributed by atoms with E-state index in [1.165, 1.54) is 0 Å². The van der Waals surface area contributed by atoms with Crippen LogP contribution < -0.4 is 20.9 Å². The van der Waals surface area contributed by atoms with E-state index in [4.69, 9.17) is 9.72 Å². The molecule has 10 heteroatoms. The highest BCUT2D eigenvalue weighted by atomic mass is 79.9. The lowest BCUT2D eigenvalue weighted by Crippen LogP contribution is -2.46. The lowest BCUT2D eigenvalue weighted by Gasteiger charge is -2.35. The summed E-state index contributed by atoms with van der Waals surface area (Å²) in [6, 6.07) is 11.9. The fourth-order valence-electron chi connectivity index (χ4n) is 4.58. The maximum absolute atomic E-state index is 13.8. The summed E-state index contributed by atoms with van der Waals surface area (Å²) in [7, 11) is 1.57. The Labute approximate surface area is 236 Å². The maximum atomic E-state index is 13.8. The Hall–Kier alpha value is -3.66. The Morgan fingerprint density at radius 2 is 1.74 bits per heavy atom. The van der Waals surface area contributed by atoms with Gasteiger partial charge in [-0.25, -0.2) is 9.55 Å². The predicted molar refractivity (Wildman–Crippen MR) is 155 cm³/mol. The Kier molecular flexibility index (Phi) is 8.44. The molecule has 0 radical (unpaired) electrons. The second-order valence-electron chi connectivity index (χ2n) is 10.2. The molecule has 2 N–H and O–H groups in total. The van der Waals surface area contributed by atoms with Crippen LogP contribution in [0.15, 0.2) is 51.7 Å². The van der Waals surface area contributed by atoms with Crippen LogP contribution in [0.2, 0.25) is 0 Å². The van der Waals surface area contributed by atoms with Crippen molar-refractivity contribution in [2.24, 2.45) is 0 Å². The quantitative estimate of drug-likeness (QED) is 0.415. The van der Waals surface area contributed by atoms with E-state index in [0.29, 0.717) is 46.2 Å². The van der Waals surface area contributed by atoms with Gasteiger partial charge in [-0.2, -0.15) is 0 Å². The summed E-state index contributed by atoms with van der Waals surface area (Å²) in [5, 5.41) is 5.88. The number of anilines is 1. The van der Waals surface area contributed by atoms with E-state index in [0.717, 1.165) is 4.47 Å². The van der Waals surface area contributed by atoms with E-state index >= 15 is 0 Å². The van der Waals surface area contributed by atoms with E-state index < -0.39 is 0 Å². The average molecular weight is 597 g/mol. The molecule has 0 unspecified atom stereocenters. The number of nitrogens with one attached hydrogen (secondary N) is 2. The molecule has 0 spiro atoms. The van der Waals surface area contributed by atoms with Gasteiger partial charge in [0.1, 0.15) is 5.75 Å². The molecule has 206 valence electrons. The largest absolute Gasteiger partial charge is 0.490 e. The summed E-state index contributed by atoms with van der Waals surface area (Å²) >= 11 is 3.49. The van der Waals surface area contributed by atoms with Gasteiger partial charge in [-0.05, 0) is 99.4 Å². The minimum atomic E-state index is -0.217. The van der Waals surface area contributed by atoms with Gasteiger partial charge in [0.25, 0.3) is 17.4 Å². The molecular formula is C29H34BrN5O4. The van der Waals surface area contributed by atoms with Gasteiger partial charge in [0, 0.05) is 35.8 Å². The van der Waals surface area contributed by atoms with Crippen LogP contribution in [0.25, 0.3) is 5.69 Å². The molecule has 4 rings (SSSR count). The van der Waals surface area contributed by atoms with Crippen molar-refractivity contribution in [3.8, 4) is 11.4 Å². The molecule has 0 saturated heterocycles. The molecule has 1 atom stereocenters. The van der Waals surface area contributed by atoms with Crippen molar-refractivity contribution in [3.63, 3.8) is 0 Å². The summed E-state index contributed by atoms with van der Waals surface area (Å²) < 4.78 is 8.17. The van der Waals surface area contributed by atoms with E-state index in [1.54, 1.807) is 52.9 Å². The van der Waals surface area contributed by atoms with Crippen molar-refractivity contribution >= 4 is 33.7 Å². The van der Waals surface area contributed by atoms with Gasteiger partial charge >= 0.3 is 0 Å². The van der Waals surface area contributed by atoms with E-state index in [1.807, 2.05) is 40.7 Å². The highest BCUT2D eigenvalue weighted by Crippen LogP contribution is 2.30. The molecule has 9 nitrogen and oxygen atoms in total. The number of nitrogens with zero attached hydrogens (tertiary/aromatic N) is 3. The van der Waals surface area contributed by atoms with Gasteiger partial charge in [0.05, 0.1) is 28.5 Å². The van der Waals surface area contributed by atoms with Crippen LogP contribution in [0.5, 0.6) is 5.75 Å². The van der Waals surface area contributed by atoms with Crippen molar-refractivity contribution < 1.29 is 14.3 Å². The lowest BCUT2D eigenvalue weighted by molar-refractivity contribution is 0.0652. The van der Waals surface area contributed by atoms with Crippen LogP contribution in [0.4, 0.5) is 5.95 Å². The molecule has 0 saturated carbocycles. The van der Waals surface area contributed by atoms with Gasteiger partial charge in [-0.1, -0.05) is 0 Å². The van der Waals surface area contributed by atoms with Crippen LogP contribution in [0.1, 0.15) is 66.6 Å². The molecule has 1 aromatic heterocycles. The van der Waals surface area contributed by atoms with Crippen molar-refractivity contribution in [1.82, 2.24) is 19.8 Å². The van der Waals surface area contributed by atoms with Gasteiger partial charge in [0.15, 0.2) is 0 Å². The highest BCUT2D eigenvalue weighted by Gasteiger charge is 2.32. The number of fused-ring (bicyclic) bond motifs is 1. The number of ether oxygens (including phenoxy) is 1. The van der Waals surface area contributed by atoms with Gasteiger partial charge in [-0.3, -0.25) is 14.4 Å². The first-order valence-corrected chi connectivity index (χ1v) is 13.8. The minimum absolute atomic E-state index is 0.00809. The third-order valence-electron chi connectivity index (χ3n) is 6.45. The predicted octanol–water partition coefficient (Wildman–Crippen LogP) is 4.55. The number of carbonyl (C=O) groups is 2. The fourth-order valence-corrected chi connectivity index (χ4v) is 4.92. The fraction of sp³-hybridized carbons (Fsp3) is 0.379. The standard InChI is InChI=1S/C29H34BrN5O4/c1-16(2)32-29-33-24-15-34(27(37)20-9-12-23(30)25(14-20)39-17(3)4)18(5)13-22(24)28(38)35(29)21-10-7-19(8-11-21)26(36)31-6/h7-12,14,16-18H,13,15H2,1-6H3,(H,31,36)(H,32,33)/t18-/m1/s1. The first-order valence-electron chi connectivity index (χ1n) is 13.0. The molecule has 0 aliphatic carbocycles. The number of halogens is 1. The molecule has 2 aromatic carbocycles. The summed E-state index contributed by atoms with van der Waals surface area (Å²) in [6.45, 7) is 9.95. The Balaban J connectivity index is 1.72. The smallest absolute Gasteiger partial charge is 0.263 e. The van der Waals surface area contributed by atoms with Gasteiger partial charge < -0.3 is 20.3 Å². The normalized spacial score (nSPS) is 14.8. The van der Waals surface area contributed by atoms with Crippen LogP contribution in [0.3, 0.4) is 0 Å². The van der Waals surface area contributed by atoms with E-state index in [2.05, 4.69) is 26.6 Å². The molecule has 1 aliphatic rings. The second kappa shape index (κ2) is 11.6. The Morgan fingerprint density at radius 1 is 1.08 bits per heavy atom. The molecule has 2 heterocycles. The number of benzene rings is 2. The number of hydrogen-bond donors (Lipinski definition) is 2. The molecule has 3 aromatic rings. The van der Waals surface area contributed by atoms with Crippen molar-refractivity contribution in [3.05, 3.63) is 79.7 Å². The summed E-state index contributed by atoms with van der Waals surface area (Å²) in [6.07, 6.45) is 0.336. The molecular weight excluding hydrogens is 562 g/mol. The second-order valence-corrected chi connectivity index (χ2v) is 11.1. The number of rotatable bonds is 7. The summed E-state index contributed by atoms with van der Waals surface area (Å²) in [5.74, 6) is 0.640. The summed E-state index contributed by atoms with van der Waals surface area (Å²) in [4.78, 5) is 46.0. The molecule has 0 fully saturated rings. The number of hydrogen-bond acceptors (Lipinski definition) is 6. The highest BCUT2D eigenvalue weighted by molar-refractivity contribution is 9.10. The number of carbonyl (C=O) groups excluding carboxylic acids is 2. The van der Waals surface area contributed by atoms with E-state index in [-0.39, 0.29) is 42.1 Å². The minimum Gasteiger partial charge on any atom is -0.490 e. The zero-order valence-electron chi connectivity index (χ0n) is 23.0. The van der Waals surface area contributed by atoms with Crippen molar-refractivity contribution in [2.45, 2.75) is 65.8 Å². The summed E-state index contributed by atoms with van der Waals surface area (Å²) in [5.41, 5.74) is 2.57. The Morgan fingerprint density at radius 3 is 2.36 bits per heavy atom. The van der Waals surface area contributed by atoms with Crippen LogP contribution in [0, 0.1) is 0 Å². The third-order valence-corrected chi connectivity index (χ3v) is 7.10. The van der Waals surface area contributed by atoms with Crippen molar-refractivity contribution in [2.75, 3.05) is 12.4 Å². The zero-order valence-corrected chi connectivity index (χ0v) is 24.6. The number of amides is 2. The topological polar surface area (TPSA) is 106 Å². The van der Waals surface area contributed by atoms with Crippen molar-refractivity contribution in [1.29, 1.82) is 0 Å². The molecule has 0 bridgehead atoms. The van der Waals surface area contributed by atoms with E-state index in [9.17, 15) is 14.4 Å². The zero-order chi connectivity index (χ0) is 28.4. The van der Waals surface area contributed by atoms with Crippen LogP contribution in [-0.2, 0) is 13.0 Å². The molecule has 1 aliphatic heterocycles. The SMILES string of the molecule is CNC(=O)c1ccc(-n2c(NC(C)C)nc3c(c2=O)C[C@@H](C)N(C(=O)c2ccc(Br)c(OC(C)C)c2)C3)cc1. The monoisotopic (exact) mass is 595 g/mol. The third kappa shape index (κ3) is 6.00.